The molecule has 0 aliphatic heterocycles. The Morgan fingerprint density at radius 3 is 2.09 bits per heavy atom. The fourth-order valence-corrected chi connectivity index (χ4v) is 1.89. The van der Waals surface area contributed by atoms with Crippen molar-refractivity contribution in [3.8, 4) is 5.75 Å². The number of para-hydroxylation sites is 1. The van der Waals surface area contributed by atoms with Crippen LogP contribution in [0, 0.1) is 29.1 Å². The van der Waals surface area contributed by atoms with Crippen LogP contribution in [0.15, 0.2) is 27.8 Å². The van der Waals surface area contributed by atoms with Crippen molar-refractivity contribution in [1.82, 2.24) is 0 Å². The van der Waals surface area contributed by atoms with Gasteiger partial charge in [-0.1, -0.05) is 6.07 Å². The zero-order valence-corrected chi connectivity index (χ0v) is 12.1. The van der Waals surface area contributed by atoms with Gasteiger partial charge in [-0.3, -0.25) is 5.43 Å². The molecule has 2 N–H and O–H groups in total. The van der Waals surface area contributed by atoms with Crippen LogP contribution in [0.3, 0.4) is 0 Å². The molecule has 0 spiro atoms. The Labute approximate surface area is 129 Å². The van der Waals surface area contributed by atoms with Crippen molar-refractivity contribution in [2.24, 2.45) is 5.10 Å². The molecule has 2 rings (SSSR count). The summed E-state index contributed by atoms with van der Waals surface area (Å²) in [4.78, 5) is 0. The van der Waals surface area contributed by atoms with Crippen LogP contribution in [0.5, 0.6) is 5.75 Å². The van der Waals surface area contributed by atoms with Gasteiger partial charge in [0, 0.05) is 5.56 Å². The maximum absolute atomic E-state index is 13.4. The topological polar surface area (TPSA) is 44.6 Å². The van der Waals surface area contributed by atoms with Crippen LogP contribution in [-0.4, -0.2) is 11.3 Å². The first-order chi connectivity index (χ1) is 10.3. The Bertz CT molecular complexity index is 738. The van der Waals surface area contributed by atoms with E-state index >= 15 is 0 Å². The molecule has 0 saturated heterocycles. The Hall–Kier alpha value is -2.16. The van der Waals surface area contributed by atoms with E-state index in [0.717, 1.165) is 6.21 Å². The van der Waals surface area contributed by atoms with Crippen LogP contribution < -0.4 is 5.43 Å². The fourth-order valence-electron chi connectivity index (χ4n) is 1.51. The predicted octanol–water partition coefficient (Wildman–Crippen LogP) is 4.30. The molecule has 0 aromatic heterocycles. The number of hydrogen-bond donors (Lipinski definition) is 2. The molecule has 0 aliphatic carbocycles. The lowest BCUT2D eigenvalue weighted by Gasteiger charge is -2.07. The zero-order valence-electron chi connectivity index (χ0n) is 10.5. The number of nitrogens with one attached hydrogen (secondary N) is 1. The van der Waals surface area contributed by atoms with Gasteiger partial charge >= 0.3 is 0 Å². The number of nitrogens with zero attached hydrogens (tertiary/aromatic N) is 1. The van der Waals surface area contributed by atoms with Crippen LogP contribution in [0.2, 0.25) is 0 Å². The molecule has 0 fully saturated rings. The fraction of sp³-hybridized carbons (Fsp3) is 0. The van der Waals surface area contributed by atoms with Crippen LogP contribution >= 0.6 is 15.9 Å². The van der Waals surface area contributed by atoms with Gasteiger partial charge in [-0.15, -0.1) is 0 Å². The summed E-state index contributed by atoms with van der Waals surface area (Å²) >= 11 is 3.04. The van der Waals surface area contributed by atoms with Crippen molar-refractivity contribution in [3.63, 3.8) is 0 Å². The lowest BCUT2D eigenvalue weighted by molar-refractivity contribution is 0.381. The smallest absolute Gasteiger partial charge is 0.200 e. The Kier molecular flexibility index (Phi) is 4.65. The summed E-state index contributed by atoms with van der Waals surface area (Å²) < 4.78 is 65.8. The lowest BCUT2D eigenvalue weighted by Crippen LogP contribution is -2.06. The highest BCUT2D eigenvalue weighted by molar-refractivity contribution is 9.10. The van der Waals surface area contributed by atoms with Gasteiger partial charge in [0.1, 0.15) is 11.4 Å². The standard InChI is InChI=1S/C13H6BrF5N2O/c14-6-3-1-2-5(13(6)22)4-20-21-12-10(18)8(16)7(15)9(17)11(12)19/h1-4,21-22H/b20-4+. The summed E-state index contributed by atoms with van der Waals surface area (Å²) in [5.41, 5.74) is 0.600. The number of benzene rings is 2. The molecule has 2 aromatic rings. The molecule has 9 heteroatoms. The summed E-state index contributed by atoms with van der Waals surface area (Å²) in [6, 6.07) is 4.50. The first-order valence-electron chi connectivity index (χ1n) is 5.62. The molecule has 3 nitrogen and oxygen atoms in total. The van der Waals surface area contributed by atoms with Gasteiger partial charge in [0.15, 0.2) is 23.3 Å². The number of rotatable bonds is 3. The third-order valence-electron chi connectivity index (χ3n) is 2.61. The molecule has 0 saturated carbocycles. The van der Waals surface area contributed by atoms with E-state index in [9.17, 15) is 27.1 Å². The van der Waals surface area contributed by atoms with Crippen molar-refractivity contribution >= 4 is 27.8 Å². The molecular weight excluding hydrogens is 375 g/mol. The minimum absolute atomic E-state index is 0.158. The summed E-state index contributed by atoms with van der Waals surface area (Å²) in [6.07, 6.45) is 0.956. The predicted molar refractivity (Wildman–Crippen MR) is 73.3 cm³/mol. The van der Waals surface area contributed by atoms with Crippen molar-refractivity contribution in [3.05, 3.63) is 57.3 Å². The molecule has 0 heterocycles. The van der Waals surface area contributed by atoms with Crippen LogP contribution in [-0.2, 0) is 0 Å². The number of aromatic hydroxyl groups is 1. The van der Waals surface area contributed by atoms with Gasteiger partial charge < -0.3 is 5.11 Å². The average Bonchev–Trinajstić information content (AvgIpc) is 2.50. The van der Waals surface area contributed by atoms with E-state index in [1.54, 1.807) is 11.5 Å². The first kappa shape index (κ1) is 16.2. The maximum Gasteiger partial charge on any atom is 0.200 e. The Balaban J connectivity index is 2.33. The molecule has 0 bridgehead atoms. The van der Waals surface area contributed by atoms with Crippen molar-refractivity contribution in [1.29, 1.82) is 0 Å². The first-order valence-corrected chi connectivity index (χ1v) is 6.41. The van der Waals surface area contributed by atoms with Gasteiger partial charge in [-0.2, -0.15) is 5.10 Å². The van der Waals surface area contributed by atoms with Gasteiger partial charge in [0.25, 0.3) is 0 Å². The molecule has 22 heavy (non-hydrogen) atoms. The number of hydrogen-bond acceptors (Lipinski definition) is 3. The second-order valence-electron chi connectivity index (χ2n) is 3.99. The number of phenols is 1. The van der Waals surface area contributed by atoms with E-state index in [1.807, 2.05) is 0 Å². The van der Waals surface area contributed by atoms with Crippen molar-refractivity contribution < 1.29 is 27.1 Å². The summed E-state index contributed by atoms with van der Waals surface area (Å²) in [5, 5.41) is 13.0. The third kappa shape index (κ3) is 2.89. The molecule has 0 atom stereocenters. The van der Waals surface area contributed by atoms with Crippen LogP contribution in [0.4, 0.5) is 27.6 Å². The van der Waals surface area contributed by atoms with E-state index in [4.69, 9.17) is 0 Å². The maximum atomic E-state index is 13.4. The van der Waals surface area contributed by atoms with E-state index in [1.165, 1.54) is 12.1 Å². The van der Waals surface area contributed by atoms with Gasteiger partial charge in [-0.05, 0) is 28.1 Å². The normalized spacial score (nSPS) is 11.2. The van der Waals surface area contributed by atoms with E-state index < -0.39 is 34.8 Å². The highest BCUT2D eigenvalue weighted by atomic mass is 79.9. The monoisotopic (exact) mass is 380 g/mol. The summed E-state index contributed by atoms with van der Waals surface area (Å²) in [5.74, 6) is -10.7. The summed E-state index contributed by atoms with van der Waals surface area (Å²) in [7, 11) is 0. The number of phenolic OH excluding ortho intramolecular Hbond substituents is 1. The molecule has 0 aliphatic rings. The van der Waals surface area contributed by atoms with Crippen molar-refractivity contribution in [2.75, 3.05) is 5.43 Å². The number of hydrazone groups is 1. The minimum Gasteiger partial charge on any atom is -0.506 e. The Morgan fingerprint density at radius 1 is 0.955 bits per heavy atom. The van der Waals surface area contributed by atoms with Crippen LogP contribution in [0.1, 0.15) is 5.56 Å². The quantitative estimate of drug-likeness (QED) is 0.274. The molecule has 0 amide bonds. The van der Waals surface area contributed by atoms with Crippen LogP contribution in [0.25, 0.3) is 0 Å². The highest BCUT2D eigenvalue weighted by Gasteiger charge is 2.25. The lowest BCUT2D eigenvalue weighted by atomic mass is 10.2. The second kappa shape index (κ2) is 6.30. The average molecular weight is 381 g/mol. The minimum atomic E-state index is -2.26. The van der Waals surface area contributed by atoms with Gasteiger partial charge in [0.05, 0.1) is 10.7 Å². The third-order valence-corrected chi connectivity index (χ3v) is 3.25. The highest BCUT2D eigenvalue weighted by Crippen LogP contribution is 2.28. The molecule has 116 valence electrons. The largest absolute Gasteiger partial charge is 0.506 e. The number of anilines is 1. The zero-order chi connectivity index (χ0) is 16.4. The molecular formula is C13H6BrF5N2O. The molecule has 0 unspecified atom stereocenters. The van der Waals surface area contributed by atoms with E-state index in [0.29, 0.717) is 4.47 Å². The van der Waals surface area contributed by atoms with Gasteiger partial charge in [0.2, 0.25) is 5.82 Å². The molecule has 0 radical (unpaired) electrons. The Morgan fingerprint density at radius 2 is 1.50 bits per heavy atom. The SMILES string of the molecule is Oc1c(Br)cccc1/C=N/Nc1c(F)c(F)c(F)c(F)c1F. The second-order valence-corrected chi connectivity index (χ2v) is 4.85. The molecule has 2 aromatic carbocycles. The number of halogens is 6. The van der Waals surface area contributed by atoms with E-state index in [-0.39, 0.29) is 11.3 Å². The van der Waals surface area contributed by atoms with E-state index in [2.05, 4.69) is 21.0 Å². The summed E-state index contributed by atoms with van der Waals surface area (Å²) in [6.45, 7) is 0. The van der Waals surface area contributed by atoms with Gasteiger partial charge in [-0.25, -0.2) is 22.0 Å². The van der Waals surface area contributed by atoms with Crippen molar-refractivity contribution in [2.45, 2.75) is 0 Å².